The van der Waals surface area contributed by atoms with Gasteiger partial charge in [0, 0.05) is 77.4 Å². The molecule has 0 radical (unpaired) electrons. The second kappa shape index (κ2) is 20.4. The van der Waals surface area contributed by atoms with Crippen LogP contribution in [0.2, 0.25) is 0 Å². The van der Waals surface area contributed by atoms with Gasteiger partial charge in [-0.2, -0.15) is 0 Å². The van der Waals surface area contributed by atoms with E-state index in [1.807, 2.05) is 133 Å². The fourth-order valence-corrected chi connectivity index (χ4v) is 11.3. The molecule has 0 aliphatic rings. The van der Waals surface area contributed by atoms with Gasteiger partial charge in [-0.05, 0) is 73.7 Å². The van der Waals surface area contributed by atoms with E-state index in [9.17, 15) is 0 Å². The number of hydrogen-bond donors (Lipinski definition) is 0. The number of hydrogen-bond acceptors (Lipinski definition) is 9. The van der Waals surface area contributed by atoms with Crippen molar-refractivity contribution >= 4 is 66.2 Å². The second-order valence-electron chi connectivity index (χ2n) is 19.4. The van der Waals surface area contributed by atoms with Crippen molar-refractivity contribution in [3.05, 3.63) is 261 Å². The highest BCUT2D eigenvalue weighted by atomic mass is 32.1. The summed E-state index contributed by atoms with van der Waals surface area (Å²) in [6.07, 6.45) is 6.07. The van der Waals surface area contributed by atoms with E-state index in [0.717, 1.165) is 104 Å². The Bertz CT molecular complexity index is 4620. The van der Waals surface area contributed by atoms with Gasteiger partial charge in [-0.3, -0.25) is 0 Å². The number of rotatable bonds is 12. The summed E-state index contributed by atoms with van der Waals surface area (Å²) in [5.41, 5.74) is 13.7. The number of benzene rings is 9. The lowest BCUT2D eigenvalue weighted by Crippen LogP contribution is -2.01. The van der Waals surface area contributed by atoms with Gasteiger partial charge in [0.1, 0.15) is 10.0 Å². The standard InChI is InChI=1S/C69H46N10S/c1-44(62-70-63(46-23-7-3-8-24-46)72-64(71-62)47-25-9-4-10-26-47)21-19-22-45(2)78-58-35-17-15-33-54(58)56-42-51(37-39-60(56)78)68-76-77-69(80-68)52-38-40-61-57(43-52)55-34-16-18-36-59(55)79(61)53-32-20-31-50(41-53)67-74-65(48-27-11-5-12-28-48)73-66(75-67)49-29-13-6-14-30-49/h3-43H,1H2,2H3/b21-19-,45-22+. The molecule has 0 spiro atoms. The molecule has 14 rings (SSSR count). The molecule has 0 fully saturated rings. The highest BCUT2D eigenvalue weighted by Crippen LogP contribution is 2.40. The van der Waals surface area contributed by atoms with Crippen molar-refractivity contribution in [1.82, 2.24) is 49.2 Å². The third-order valence-corrected chi connectivity index (χ3v) is 15.3. The average molecular weight is 1050 g/mol. The highest BCUT2D eigenvalue weighted by molar-refractivity contribution is 7.17. The largest absolute Gasteiger partial charge is 0.313 e. The Hall–Kier alpha value is -10.6. The van der Waals surface area contributed by atoms with Crippen molar-refractivity contribution in [3.8, 4) is 83.8 Å². The van der Waals surface area contributed by atoms with Crippen molar-refractivity contribution in [3.63, 3.8) is 0 Å². The van der Waals surface area contributed by atoms with E-state index >= 15 is 0 Å². The van der Waals surface area contributed by atoms with E-state index in [1.165, 1.54) is 0 Å². The lowest BCUT2D eigenvalue weighted by atomic mass is 10.1. The van der Waals surface area contributed by atoms with Crippen molar-refractivity contribution in [2.24, 2.45) is 0 Å². The molecule has 0 saturated carbocycles. The van der Waals surface area contributed by atoms with E-state index in [2.05, 4.69) is 138 Å². The van der Waals surface area contributed by atoms with Gasteiger partial charge in [-0.15, -0.1) is 10.2 Å². The predicted molar refractivity (Wildman–Crippen MR) is 327 cm³/mol. The molecule has 0 aliphatic carbocycles. The van der Waals surface area contributed by atoms with Crippen LogP contribution in [0.3, 0.4) is 0 Å². The smallest absolute Gasteiger partial charge is 0.164 e. The molecule has 0 N–H and O–H groups in total. The number of para-hydroxylation sites is 2. The molecule has 0 amide bonds. The third kappa shape index (κ3) is 8.93. The van der Waals surface area contributed by atoms with Gasteiger partial charge in [-0.25, -0.2) is 29.9 Å². The molecule has 378 valence electrons. The summed E-state index contributed by atoms with van der Waals surface area (Å²) in [4.78, 5) is 29.5. The zero-order valence-corrected chi connectivity index (χ0v) is 44.1. The molecule has 9 aromatic carbocycles. The third-order valence-electron chi connectivity index (χ3n) is 14.3. The molecular weight excluding hydrogens is 1000 g/mol. The van der Waals surface area contributed by atoms with Crippen LogP contribution < -0.4 is 0 Å². The van der Waals surface area contributed by atoms with Crippen LogP contribution in [0.25, 0.3) is 139 Å². The summed E-state index contributed by atoms with van der Waals surface area (Å²) in [5, 5.41) is 15.8. The van der Waals surface area contributed by atoms with Crippen LogP contribution >= 0.6 is 11.3 Å². The number of aromatic nitrogens is 10. The van der Waals surface area contributed by atoms with Crippen LogP contribution in [0.15, 0.2) is 255 Å². The summed E-state index contributed by atoms with van der Waals surface area (Å²) in [6.45, 7) is 6.51. The van der Waals surface area contributed by atoms with Gasteiger partial charge in [0.15, 0.2) is 34.9 Å². The van der Waals surface area contributed by atoms with Crippen LogP contribution in [-0.4, -0.2) is 49.2 Å². The van der Waals surface area contributed by atoms with Crippen molar-refractivity contribution in [2.75, 3.05) is 0 Å². The Morgan fingerprint density at radius 2 is 0.800 bits per heavy atom. The first-order valence-electron chi connectivity index (χ1n) is 26.3. The van der Waals surface area contributed by atoms with Gasteiger partial charge in [0.2, 0.25) is 0 Å². The second-order valence-corrected chi connectivity index (χ2v) is 20.4. The molecule has 80 heavy (non-hydrogen) atoms. The van der Waals surface area contributed by atoms with Crippen LogP contribution in [-0.2, 0) is 0 Å². The fourth-order valence-electron chi connectivity index (χ4n) is 10.5. The van der Waals surface area contributed by atoms with E-state index in [1.54, 1.807) is 11.3 Å². The first-order chi connectivity index (χ1) is 39.5. The molecule has 0 bridgehead atoms. The maximum atomic E-state index is 5.04. The molecule has 5 aromatic heterocycles. The lowest BCUT2D eigenvalue weighted by Gasteiger charge is -2.11. The molecule has 0 atom stereocenters. The van der Waals surface area contributed by atoms with Crippen LogP contribution in [0.4, 0.5) is 0 Å². The average Bonchev–Trinajstić information content (AvgIpc) is 4.26. The Morgan fingerprint density at radius 3 is 1.35 bits per heavy atom. The zero-order valence-electron chi connectivity index (χ0n) is 43.3. The van der Waals surface area contributed by atoms with E-state index < -0.39 is 0 Å². The topological polar surface area (TPSA) is 113 Å². The first-order valence-corrected chi connectivity index (χ1v) is 27.1. The summed E-state index contributed by atoms with van der Waals surface area (Å²) < 4.78 is 4.62. The van der Waals surface area contributed by atoms with Crippen molar-refractivity contribution < 1.29 is 0 Å². The minimum absolute atomic E-state index is 0.518. The summed E-state index contributed by atoms with van der Waals surface area (Å²) in [7, 11) is 0. The predicted octanol–water partition coefficient (Wildman–Crippen LogP) is 16.9. The van der Waals surface area contributed by atoms with E-state index in [-0.39, 0.29) is 0 Å². The van der Waals surface area contributed by atoms with E-state index in [4.69, 9.17) is 40.1 Å². The lowest BCUT2D eigenvalue weighted by molar-refractivity contribution is 1.04. The maximum Gasteiger partial charge on any atom is 0.164 e. The Labute approximate surface area is 464 Å². The minimum Gasteiger partial charge on any atom is -0.313 e. The molecule has 5 heterocycles. The summed E-state index contributed by atoms with van der Waals surface area (Å²) >= 11 is 1.59. The van der Waals surface area contributed by atoms with Crippen molar-refractivity contribution in [1.29, 1.82) is 0 Å². The summed E-state index contributed by atoms with van der Waals surface area (Å²) in [6, 6.07) is 78.8. The van der Waals surface area contributed by atoms with E-state index in [0.29, 0.717) is 40.5 Å². The normalized spacial score (nSPS) is 11.9. The van der Waals surface area contributed by atoms with Gasteiger partial charge in [0.25, 0.3) is 0 Å². The molecule has 11 heteroatoms. The van der Waals surface area contributed by atoms with Gasteiger partial charge >= 0.3 is 0 Å². The monoisotopic (exact) mass is 1050 g/mol. The highest BCUT2D eigenvalue weighted by Gasteiger charge is 2.20. The molecule has 10 nitrogen and oxygen atoms in total. The Morgan fingerprint density at radius 1 is 0.388 bits per heavy atom. The molecular formula is C69H46N10S. The van der Waals surface area contributed by atoms with Gasteiger partial charge in [0.05, 0.1) is 22.1 Å². The van der Waals surface area contributed by atoms with Crippen LogP contribution in [0.5, 0.6) is 0 Å². The maximum absolute atomic E-state index is 5.04. The fraction of sp³-hybridized carbons (Fsp3) is 0.0145. The minimum atomic E-state index is 0.518. The zero-order chi connectivity index (χ0) is 53.5. The first kappa shape index (κ1) is 47.8. The Kier molecular flexibility index (Phi) is 12.2. The van der Waals surface area contributed by atoms with Crippen LogP contribution in [0.1, 0.15) is 12.7 Å². The van der Waals surface area contributed by atoms with Gasteiger partial charge < -0.3 is 9.13 Å². The van der Waals surface area contributed by atoms with Gasteiger partial charge in [-0.1, -0.05) is 200 Å². The molecule has 14 aromatic rings. The molecule has 0 saturated heterocycles. The number of fused-ring (bicyclic) bond motifs is 6. The quantitative estimate of drug-likeness (QED) is 0.111. The Balaban J connectivity index is 0.767. The summed E-state index contributed by atoms with van der Waals surface area (Å²) in [5.74, 6) is 3.56. The number of allylic oxidation sites excluding steroid dienone is 5. The van der Waals surface area contributed by atoms with Crippen LogP contribution in [0, 0.1) is 0 Å². The number of nitrogens with zero attached hydrogens (tertiary/aromatic N) is 10. The molecule has 0 aliphatic heterocycles. The van der Waals surface area contributed by atoms with Crippen molar-refractivity contribution in [2.45, 2.75) is 6.92 Å². The molecule has 0 unspecified atom stereocenters. The SMILES string of the molecule is C=C(/C=C\C=C(/C)n1c2ccccc2c2cc(-c3nnc(-c4ccc5c(c4)c4ccccc4n5-c4cccc(-c5nc(-c6ccccc6)nc(-c6ccccc6)n5)c4)s3)ccc21)c1nc(-c2ccccc2)nc(-c2ccccc2)n1.